The summed E-state index contributed by atoms with van der Waals surface area (Å²) in [5.74, 6) is -0.149. The number of halogens is 1. The molecule has 7 nitrogen and oxygen atoms in total. The van der Waals surface area contributed by atoms with Gasteiger partial charge in [0, 0.05) is 24.8 Å². The largest absolute Gasteiger partial charge is 0.381 e. The number of benzene rings is 2. The lowest BCUT2D eigenvalue weighted by atomic mass is 9.88. The van der Waals surface area contributed by atoms with Gasteiger partial charge in [0.1, 0.15) is 0 Å². The fourth-order valence-electron chi connectivity index (χ4n) is 4.40. The molecule has 1 aliphatic rings. The minimum Gasteiger partial charge on any atom is -0.381 e. The van der Waals surface area contributed by atoms with E-state index in [2.05, 4.69) is 40.6 Å². The summed E-state index contributed by atoms with van der Waals surface area (Å²) in [4.78, 5) is 28.4. The van der Waals surface area contributed by atoms with Crippen LogP contribution in [0.1, 0.15) is 52.4 Å². The van der Waals surface area contributed by atoms with Crippen LogP contribution in [0.15, 0.2) is 41.2 Å². The van der Waals surface area contributed by atoms with Gasteiger partial charge in [-0.15, -0.1) is 0 Å². The predicted molar refractivity (Wildman–Crippen MR) is 135 cm³/mol. The van der Waals surface area contributed by atoms with Crippen LogP contribution in [0.25, 0.3) is 10.9 Å². The highest BCUT2D eigenvalue weighted by Crippen LogP contribution is 2.30. The van der Waals surface area contributed by atoms with E-state index < -0.39 is 5.91 Å². The fourth-order valence-corrected chi connectivity index (χ4v) is 4.53. The molecule has 0 atom stereocenters. The molecule has 0 spiro atoms. The quantitative estimate of drug-likeness (QED) is 0.508. The second-order valence-electron chi connectivity index (χ2n) is 9.11. The number of hydrogen-bond donors (Lipinski definition) is 2. The van der Waals surface area contributed by atoms with Crippen LogP contribution in [-0.4, -0.2) is 54.9 Å². The highest BCUT2D eigenvalue weighted by Gasteiger charge is 2.21. The Kier molecular flexibility index (Phi) is 7.98. The molecule has 0 bridgehead atoms. The number of carbonyl (C=O) groups is 1. The lowest BCUT2D eigenvalue weighted by molar-refractivity contribution is 0.0853. The van der Waals surface area contributed by atoms with Gasteiger partial charge >= 0.3 is 0 Å². The van der Waals surface area contributed by atoms with Gasteiger partial charge in [-0.1, -0.05) is 29.8 Å². The average Bonchev–Trinajstić information content (AvgIpc) is 2.84. The fraction of sp³-hybridized carbons (Fsp3) is 0.423. The second-order valence-corrected chi connectivity index (χ2v) is 9.54. The molecule has 3 aromatic rings. The molecular formula is C26H31ClN4O3. The zero-order valence-electron chi connectivity index (χ0n) is 19.7. The molecule has 1 saturated heterocycles. The normalized spacial score (nSPS) is 14.6. The van der Waals surface area contributed by atoms with Crippen molar-refractivity contribution in [1.82, 2.24) is 20.4 Å². The molecule has 8 heteroatoms. The van der Waals surface area contributed by atoms with Gasteiger partial charge in [0.2, 0.25) is 5.43 Å². The predicted octanol–water partition coefficient (Wildman–Crippen LogP) is 3.89. The Morgan fingerprint density at radius 1 is 1.21 bits per heavy atom. The van der Waals surface area contributed by atoms with E-state index >= 15 is 0 Å². The number of rotatable bonds is 8. The maximum absolute atomic E-state index is 13.4. The van der Waals surface area contributed by atoms with Crippen LogP contribution >= 0.6 is 11.6 Å². The van der Waals surface area contributed by atoms with E-state index in [1.54, 1.807) is 12.1 Å². The summed E-state index contributed by atoms with van der Waals surface area (Å²) >= 11 is 5.92. The Hall–Kier alpha value is -2.74. The van der Waals surface area contributed by atoms with Crippen molar-refractivity contribution in [3.8, 4) is 0 Å². The van der Waals surface area contributed by atoms with Crippen molar-refractivity contribution in [1.29, 1.82) is 0 Å². The first-order valence-corrected chi connectivity index (χ1v) is 12.1. The number of aryl methyl sites for hydroxylation is 1. The van der Waals surface area contributed by atoms with Crippen LogP contribution in [0.4, 0.5) is 0 Å². The molecule has 2 N–H and O–H groups in total. The molecule has 0 aliphatic carbocycles. The summed E-state index contributed by atoms with van der Waals surface area (Å²) < 4.78 is 5.53. The number of nitrogens with zero attached hydrogens (tertiary/aromatic N) is 2. The molecule has 1 fully saturated rings. The number of aromatic amines is 1. The van der Waals surface area contributed by atoms with E-state index in [1.807, 2.05) is 18.2 Å². The summed E-state index contributed by atoms with van der Waals surface area (Å²) in [6.07, 6.45) is 3.65. The third kappa shape index (κ3) is 5.84. The van der Waals surface area contributed by atoms with Gasteiger partial charge in [-0.2, -0.15) is 5.10 Å². The van der Waals surface area contributed by atoms with Crippen molar-refractivity contribution in [3.05, 3.63) is 74.0 Å². The first-order valence-electron chi connectivity index (χ1n) is 11.7. The molecule has 2 aromatic carbocycles. The number of H-pyrrole nitrogens is 1. The van der Waals surface area contributed by atoms with Crippen molar-refractivity contribution in [2.45, 2.75) is 38.1 Å². The minimum atomic E-state index is -0.497. The van der Waals surface area contributed by atoms with Crippen LogP contribution in [0, 0.1) is 0 Å². The average molecular weight is 483 g/mol. The lowest BCUT2D eigenvalue weighted by Gasteiger charge is -2.23. The van der Waals surface area contributed by atoms with Crippen molar-refractivity contribution >= 4 is 28.4 Å². The summed E-state index contributed by atoms with van der Waals surface area (Å²) in [7, 11) is 4.10. The number of nitrogens with one attached hydrogen (secondary N) is 2. The molecule has 1 aliphatic heterocycles. The Bertz CT molecular complexity index is 1200. The van der Waals surface area contributed by atoms with E-state index in [4.69, 9.17) is 16.3 Å². The summed E-state index contributed by atoms with van der Waals surface area (Å²) in [5.41, 5.74) is 3.35. The molecule has 0 unspecified atom stereocenters. The smallest absolute Gasteiger partial charge is 0.276 e. The maximum atomic E-state index is 13.4. The standard InChI is InChI=1S/C26H31ClN4O3/c1-31(2)11-3-4-19-14-20(18-9-12-34-13-10-18)15-22-23(19)29-30-24(25(22)32)26(33)28-16-17-5-7-21(27)8-6-17/h5-8,14-15,18H,3-4,9-13,16H2,1-2H3,(H,28,33)(H,29,32). The zero-order valence-corrected chi connectivity index (χ0v) is 20.5. The number of carbonyl (C=O) groups excluding carboxylic acids is 1. The van der Waals surface area contributed by atoms with Crippen LogP contribution < -0.4 is 10.7 Å². The van der Waals surface area contributed by atoms with E-state index in [0.29, 0.717) is 21.8 Å². The highest BCUT2D eigenvalue weighted by atomic mass is 35.5. The van der Waals surface area contributed by atoms with E-state index in [-0.39, 0.29) is 17.7 Å². The maximum Gasteiger partial charge on any atom is 0.276 e. The lowest BCUT2D eigenvalue weighted by Crippen LogP contribution is -2.30. The number of hydrogen-bond acceptors (Lipinski definition) is 5. The Morgan fingerprint density at radius 2 is 1.94 bits per heavy atom. The first kappa shape index (κ1) is 24.4. The number of fused-ring (bicyclic) bond motifs is 1. The van der Waals surface area contributed by atoms with Gasteiger partial charge < -0.3 is 15.0 Å². The zero-order chi connectivity index (χ0) is 24.1. The van der Waals surface area contributed by atoms with Gasteiger partial charge in [0.15, 0.2) is 5.69 Å². The van der Waals surface area contributed by atoms with Crippen LogP contribution in [-0.2, 0) is 17.7 Å². The van der Waals surface area contributed by atoms with E-state index in [1.165, 1.54) is 0 Å². The third-order valence-electron chi connectivity index (χ3n) is 6.31. The van der Waals surface area contributed by atoms with Gasteiger partial charge in [0.05, 0.1) is 10.9 Å². The summed E-state index contributed by atoms with van der Waals surface area (Å²) in [6, 6.07) is 11.3. The summed E-state index contributed by atoms with van der Waals surface area (Å²) in [6.45, 7) is 2.69. The van der Waals surface area contributed by atoms with Crippen molar-refractivity contribution in [3.63, 3.8) is 0 Å². The number of aromatic nitrogens is 2. The molecule has 180 valence electrons. The Morgan fingerprint density at radius 3 is 2.65 bits per heavy atom. The van der Waals surface area contributed by atoms with Gasteiger partial charge in [0.25, 0.3) is 5.91 Å². The Labute approximate surface area is 204 Å². The molecule has 0 radical (unpaired) electrons. The Balaban J connectivity index is 1.64. The highest BCUT2D eigenvalue weighted by molar-refractivity contribution is 6.30. The van der Waals surface area contributed by atoms with Crippen molar-refractivity contribution in [2.24, 2.45) is 0 Å². The molecule has 0 saturated carbocycles. The van der Waals surface area contributed by atoms with Crippen molar-refractivity contribution < 1.29 is 9.53 Å². The number of ether oxygens (including phenoxy) is 1. The number of amides is 1. The first-order chi connectivity index (χ1) is 16.4. The molecule has 1 amide bonds. The van der Waals surface area contributed by atoms with Crippen molar-refractivity contribution in [2.75, 3.05) is 33.9 Å². The van der Waals surface area contributed by atoms with E-state index in [0.717, 1.165) is 62.1 Å². The molecule has 1 aromatic heterocycles. The van der Waals surface area contributed by atoms with Gasteiger partial charge in [-0.05, 0) is 87.1 Å². The van der Waals surface area contributed by atoms with E-state index in [9.17, 15) is 9.59 Å². The molecule has 34 heavy (non-hydrogen) atoms. The van der Waals surface area contributed by atoms with Gasteiger partial charge in [-0.25, -0.2) is 0 Å². The molecule has 4 rings (SSSR count). The van der Waals surface area contributed by atoms with Gasteiger partial charge in [-0.3, -0.25) is 14.7 Å². The van der Waals surface area contributed by atoms with Crippen LogP contribution in [0.3, 0.4) is 0 Å². The molecular weight excluding hydrogens is 452 g/mol. The van der Waals surface area contributed by atoms with Crippen LogP contribution in [0.2, 0.25) is 5.02 Å². The third-order valence-corrected chi connectivity index (χ3v) is 6.56. The molecule has 2 heterocycles. The SMILES string of the molecule is CN(C)CCCc1cc(C2CCOCC2)cc2c(=O)c(C(=O)NCc3ccc(Cl)cc3)n[nH]c12. The van der Waals surface area contributed by atoms with Crippen LogP contribution in [0.5, 0.6) is 0 Å². The second kappa shape index (κ2) is 11.1. The minimum absolute atomic E-state index is 0.121. The monoisotopic (exact) mass is 482 g/mol. The topological polar surface area (TPSA) is 87.3 Å². The summed E-state index contributed by atoms with van der Waals surface area (Å²) in [5, 5.41) is 11.1.